The van der Waals surface area contributed by atoms with Gasteiger partial charge in [-0.25, -0.2) is 0 Å². The third-order valence-corrected chi connectivity index (χ3v) is 5.86. The average molecular weight is 443 g/mol. The minimum Gasteiger partial charge on any atom is -0.507 e. The molecule has 1 saturated heterocycles. The Balaban J connectivity index is 1.91. The number of amides is 1. The van der Waals surface area contributed by atoms with Crippen LogP contribution in [0.3, 0.4) is 0 Å². The number of rotatable bonds is 6. The molecule has 1 amide bonds. The SMILES string of the molecule is CCCOc1cccc(/C(O)=C2\C(=O)C(=O)N(c3cccc(C)c3C)C2c2cccnc2)c1. The van der Waals surface area contributed by atoms with Crippen LogP contribution in [-0.4, -0.2) is 28.4 Å². The van der Waals surface area contributed by atoms with Gasteiger partial charge < -0.3 is 9.84 Å². The summed E-state index contributed by atoms with van der Waals surface area (Å²) in [6, 6.07) is 15.3. The molecular formula is C27H26N2O4. The molecule has 1 aliphatic heterocycles. The van der Waals surface area contributed by atoms with E-state index in [9.17, 15) is 14.7 Å². The van der Waals surface area contributed by atoms with E-state index in [2.05, 4.69) is 4.98 Å². The predicted molar refractivity (Wildman–Crippen MR) is 127 cm³/mol. The summed E-state index contributed by atoms with van der Waals surface area (Å²) < 4.78 is 5.68. The van der Waals surface area contributed by atoms with E-state index in [1.807, 2.05) is 39.0 Å². The number of ether oxygens (including phenoxy) is 1. The van der Waals surface area contributed by atoms with Crippen LogP contribution in [0.2, 0.25) is 0 Å². The van der Waals surface area contributed by atoms with Crippen molar-refractivity contribution in [2.75, 3.05) is 11.5 Å². The lowest BCUT2D eigenvalue weighted by Gasteiger charge is -2.27. The van der Waals surface area contributed by atoms with Crippen molar-refractivity contribution in [1.82, 2.24) is 4.98 Å². The van der Waals surface area contributed by atoms with Gasteiger partial charge in [0, 0.05) is 23.6 Å². The lowest BCUT2D eigenvalue weighted by atomic mass is 9.95. The Bertz CT molecular complexity index is 1230. The Morgan fingerprint density at radius 1 is 1.09 bits per heavy atom. The van der Waals surface area contributed by atoms with E-state index in [1.54, 1.807) is 48.8 Å². The van der Waals surface area contributed by atoms with E-state index in [0.717, 1.165) is 17.5 Å². The zero-order valence-electron chi connectivity index (χ0n) is 18.9. The lowest BCUT2D eigenvalue weighted by molar-refractivity contribution is -0.132. The number of Topliss-reactive ketones (excluding diaryl/α,β-unsaturated/α-hetero) is 1. The van der Waals surface area contributed by atoms with Crippen molar-refractivity contribution in [2.24, 2.45) is 0 Å². The number of aliphatic hydroxyl groups is 1. The van der Waals surface area contributed by atoms with Crippen molar-refractivity contribution in [2.45, 2.75) is 33.2 Å². The van der Waals surface area contributed by atoms with Crippen LogP contribution in [0, 0.1) is 13.8 Å². The van der Waals surface area contributed by atoms with Gasteiger partial charge >= 0.3 is 0 Å². The maximum absolute atomic E-state index is 13.3. The van der Waals surface area contributed by atoms with E-state index in [4.69, 9.17) is 4.74 Å². The molecule has 6 nitrogen and oxygen atoms in total. The summed E-state index contributed by atoms with van der Waals surface area (Å²) in [6.45, 7) is 6.42. The minimum absolute atomic E-state index is 0.0292. The molecule has 2 aromatic carbocycles. The molecule has 1 fully saturated rings. The maximum Gasteiger partial charge on any atom is 0.300 e. The summed E-state index contributed by atoms with van der Waals surface area (Å²) in [5.41, 5.74) is 3.60. The van der Waals surface area contributed by atoms with Crippen LogP contribution in [0.1, 0.15) is 41.6 Å². The number of aliphatic hydroxyl groups excluding tert-OH is 1. The Kier molecular flexibility index (Phi) is 6.27. The van der Waals surface area contributed by atoms with Gasteiger partial charge in [-0.05, 0) is 61.2 Å². The van der Waals surface area contributed by atoms with E-state index < -0.39 is 17.7 Å². The van der Waals surface area contributed by atoms with Crippen molar-refractivity contribution in [3.8, 4) is 5.75 Å². The molecule has 1 unspecified atom stereocenters. The number of ketones is 1. The molecule has 3 aromatic rings. The molecule has 1 aliphatic rings. The van der Waals surface area contributed by atoms with Crippen LogP contribution in [0.15, 0.2) is 72.6 Å². The molecule has 33 heavy (non-hydrogen) atoms. The van der Waals surface area contributed by atoms with Crippen LogP contribution in [-0.2, 0) is 9.59 Å². The summed E-state index contributed by atoms with van der Waals surface area (Å²) >= 11 is 0. The van der Waals surface area contributed by atoms with E-state index >= 15 is 0 Å². The van der Waals surface area contributed by atoms with Gasteiger partial charge in [-0.15, -0.1) is 0 Å². The van der Waals surface area contributed by atoms with Crippen LogP contribution in [0.4, 0.5) is 5.69 Å². The minimum atomic E-state index is -0.806. The first-order valence-corrected chi connectivity index (χ1v) is 10.9. The Morgan fingerprint density at radius 2 is 1.88 bits per heavy atom. The summed E-state index contributed by atoms with van der Waals surface area (Å²) in [7, 11) is 0. The van der Waals surface area contributed by atoms with E-state index in [1.165, 1.54) is 4.90 Å². The molecule has 0 bridgehead atoms. The van der Waals surface area contributed by atoms with Crippen molar-refractivity contribution in [3.05, 3.63) is 94.8 Å². The summed E-state index contributed by atoms with van der Waals surface area (Å²) in [4.78, 5) is 32.2. The number of aromatic nitrogens is 1. The number of hydrogen-bond acceptors (Lipinski definition) is 5. The number of aryl methyl sites for hydroxylation is 1. The third-order valence-electron chi connectivity index (χ3n) is 5.86. The fourth-order valence-electron chi connectivity index (χ4n) is 4.04. The molecule has 0 aliphatic carbocycles. The highest BCUT2D eigenvalue weighted by molar-refractivity contribution is 6.51. The number of pyridine rings is 1. The highest BCUT2D eigenvalue weighted by Crippen LogP contribution is 2.43. The summed E-state index contributed by atoms with van der Waals surface area (Å²) in [5.74, 6) is -1.07. The topological polar surface area (TPSA) is 79.7 Å². The number of benzene rings is 2. The highest BCUT2D eigenvalue weighted by Gasteiger charge is 2.47. The largest absolute Gasteiger partial charge is 0.507 e. The van der Waals surface area contributed by atoms with Gasteiger partial charge in [-0.1, -0.05) is 37.3 Å². The molecular weight excluding hydrogens is 416 g/mol. The molecule has 2 heterocycles. The molecule has 6 heteroatoms. The first kappa shape index (κ1) is 22.3. The van der Waals surface area contributed by atoms with Gasteiger partial charge in [0.25, 0.3) is 11.7 Å². The fourth-order valence-corrected chi connectivity index (χ4v) is 4.04. The molecule has 168 valence electrons. The van der Waals surface area contributed by atoms with Gasteiger partial charge in [0.1, 0.15) is 11.5 Å². The van der Waals surface area contributed by atoms with E-state index in [-0.39, 0.29) is 11.3 Å². The zero-order valence-corrected chi connectivity index (χ0v) is 18.9. The smallest absolute Gasteiger partial charge is 0.300 e. The van der Waals surface area contributed by atoms with Gasteiger partial charge in [-0.3, -0.25) is 19.5 Å². The van der Waals surface area contributed by atoms with E-state index in [0.29, 0.717) is 29.2 Å². The Labute approximate surface area is 193 Å². The van der Waals surface area contributed by atoms with Crippen molar-refractivity contribution in [3.63, 3.8) is 0 Å². The first-order chi connectivity index (χ1) is 15.9. The predicted octanol–water partition coefficient (Wildman–Crippen LogP) is 5.11. The molecule has 0 saturated carbocycles. The van der Waals surface area contributed by atoms with Crippen LogP contribution >= 0.6 is 0 Å². The molecule has 1 N–H and O–H groups in total. The summed E-state index contributed by atoms with van der Waals surface area (Å²) in [6.07, 6.45) is 4.09. The Morgan fingerprint density at radius 3 is 2.61 bits per heavy atom. The number of carbonyl (C=O) groups is 2. The van der Waals surface area contributed by atoms with Crippen molar-refractivity contribution >= 4 is 23.1 Å². The average Bonchev–Trinajstić information content (AvgIpc) is 3.10. The van der Waals surface area contributed by atoms with Gasteiger partial charge in [-0.2, -0.15) is 0 Å². The highest BCUT2D eigenvalue weighted by atomic mass is 16.5. The second-order valence-electron chi connectivity index (χ2n) is 8.05. The lowest BCUT2D eigenvalue weighted by Crippen LogP contribution is -2.30. The van der Waals surface area contributed by atoms with Crippen LogP contribution in [0.5, 0.6) is 5.75 Å². The number of anilines is 1. The first-order valence-electron chi connectivity index (χ1n) is 10.9. The number of nitrogens with zero attached hydrogens (tertiary/aromatic N) is 2. The van der Waals surface area contributed by atoms with Gasteiger partial charge in [0.05, 0.1) is 18.2 Å². The van der Waals surface area contributed by atoms with Gasteiger partial charge in [0.2, 0.25) is 0 Å². The second-order valence-corrected chi connectivity index (χ2v) is 8.05. The number of carbonyl (C=O) groups excluding carboxylic acids is 2. The van der Waals surface area contributed by atoms with Crippen molar-refractivity contribution in [1.29, 1.82) is 0 Å². The normalized spacial score (nSPS) is 17.4. The molecule has 4 rings (SSSR count). The second kappa shape index (κ2) is 9.28. The van der Waals surface area contributed by atoms with Crippen LogP contribution < -0.4 is 9.64 Å². The monoisotopic (exact) mass is 442 g/mol. The van der Waals surface area contributed by atoms with Crippen molar-refractivity contribution < 1.29 is 19.4 Å². The Hall–Kier alpha value is -3.93. The molecule has 1 aromatic heterocycles. The molecule has 1 atom stereocenters. The summed E-state index contributed by atoms with van der Waals surface area (Å²) in [5, 5.41) is 11.3. The fraction of sp³-hybridized carbons (Fsp3) is 0.222. The quantitative estimate of drug-likeness (QED) is 0.326. The third kappa shape index (κ3) is 4.12. The number of hydrogen-bond donors (Lipinski definition) is 1. The standard InChI is InChI=1S/C27H26N2O4/c1-4-14-33-21-11-6-9-19(15-21)25(30)23-24(20-10-7-13-28-16-20)29(27(32)26(23)31)22-12-5-8-17(2)18(22)3/h5-13,15-16,24,30H,4,14H2,1-3H3/b25-23+. The van der Waals surface area contributed by atoms with Crippen LogP contribution in [0.25, 0.3) is 5.76 Å². The maximum atomic E-state index is 13.3. The molecule has 0 spiro atoms. The van der Waals surface area contributed by atoms with Gasteiger partial charge in [0.15, 0.2) is 0 Å². The molecule has 0 radical (unpaired) electrons. The zero-order chi connectivity index (χ0) is 23.5.